The molecule has 2 atom stereocenters. The van der Waals surface area contributed by atoms with Crippen molar-refractivity contribution in [2.45, 2.75) is 68.1 Å². The van der Waals surface area contributed by atoms with Crippen LogP contribution < -0.4 is 4.74 Å². The molecule has 2 unspecified atom stereocenters. The molecular formula is C80H76N4O11S3. The number of methoxy groups -OCH3 is 1. The number of carbonyl (C=O) groups excluding carboxylic acids is 3. The van der Waals surface area contributed by atoms with Gasteiger partial charge in [0, 0.05) is 47.3 Å². The number of benzene rings is 10. The van der Waals surface area contributed by atoms with Gasteiger partial charge in [0.15, 0.2) is 29.5 Å². The average Bonchev–Trinajstić information content (AvgIpc) is 1.62. The van der Waals surface area contributed by atoms with Crippen molar-refractivity contribution < 1.29 is 49.1 Å². The van der Waals surface area contributed by atoms with Crippen LogP contribution in [0.2, 0.25) is 0 Å². The van der Waals surface area contributed by atoms with E-state index in [1.165, 1.54) is 40.7 Å². The Morgan fingerprint density at radius 2 is 0.959 bits per heavy atom. The molecule has 13 rings (SSSR count). The molecule has 1 aliphatic heterocycles. The maximum absolute atomic E-state index is 12.0. The van der Waals surface area contributed by atoms with Crippen LogP contribution in [0.15, 0.2) is 264 Å². The highest BCUT2D eigenvalue weighted by atomic mass is 32.2. The smallest absolute Gasteiger partial charge is 0.339 e. The first kappa shape index (κ1) is 71.6. The topological polar surface area (TPSA) is 208 Å². The van der Waals surface area contributed by atoms with E-state index < -0.39 is 29.5 Å². The summed E-state index contributed by atoms with van der Waals surface area (Å²) in [6, 6.07) is 76.1. The fraction of sp³-hybridized carbons (Fsp3) is 0.163. The lowest BCUT2D eigenvalue weighted by molar-refractivity contribution is -0.133. The minimum absolute atomic E-state index is 0.00861. The van der Waals surface area contributed by atoms with Crippen LogP contribution in [-0.4, -0.2) is 95.3 Å². The standard InChI is InChI=1S/2C17H16N2O2S.C17H14O4S.C15H16O.C14H14O2/c1-13-3-5-14(6-4-13)17-11-12-18-19(17)15-7-9-16(10-8-15)22(2,20)21;1-13-12-17(14-6-4-3-5-7-14)19(18-13)15-8-10-16(11-9-15)22(2,20)21;1-22(19,20)14-9-7-12(8-10-14)15-11-21-17(18)16(15)13-5-3-2-4-6-13;1-10-4-5-15-9-13(11(2)12(3)16)6-7-14(15)8-10;1-10(9-15)11-3-4-13-8-14(16-2)6-5-12(13)7-11/h2*3-12H,1-2H3;2-10H,11H2,1H3;4-9,11H,1-3H3;3-10H,1-2H3. The number of Topliss-reactive ketones (excluding diaryl/α,β-unsaturated/α-hetero) is 1. The SMILES string of the molecule is CC(=O)C(C)c1ccc2cc(C)ccc2c1.COc1ccc2cc(C(C)C=O)ccc2c1.CS(=O)(=O)c1ccc(C2=C(c3ccccc3)C(=O)OC2)cc1.Cc1cc(-c2ccccc2)n(-c2ccc(S(C)(=O)=O)cc2)n1.Cc1ccc(-c2ccnn2-c2ccc(S(C)(=O)=O)cc2)cc1. The number of nitrogens with zero attached hydrogens (tertiary/aromatic N) is 4. The second-order valence-electron chi connectivity index (χ2n) is 23.9. The number of cyclic esters (lactones) is 1. The van der Waals surface area contributed by atoms with Gasteiger partial charge in [0.25, 0.3) is 0 Å². The Balaban J connectivity index is 0.000000144. The summed E-state index contributed by atoms with van der Waals surface area (Å²) in [5.74, 6) is 0.653. The third-order valence-corrected chi connectivity index (χ3v) is 19.8. The van der Waals surface area contributed by atoms with Crippen LogP contribution in [0, 0.1) is 20.8 Å². The molecule has 10 aromatic carbocycles. The second-order valence-corrected chi connectivity index (χ2v) is 30.0. The van der Waals surface area contributed by atoms with E-state index in [1.807, 2.05) is 160 Å². The Labute approximate surface area is 573 Å². The van der Waals surface area contributed by atoms with Crippen LogP contribution in [0.1, 0.15) is 71.7 Å². The van der Waals surface area contributed by atoms with Crippen LogP contribution in [0.25, 0.3) is 66.6 Å². The molecule has 0 radical (unpaired) electrons. The number of aryl methyl sites for hydroxylation is 3. The van der Waals surface area contributed by atoms with E-state index in [2.05, 4.69) is 59.6 Å². The Kier molecular flexibility index (Phi) is 23.0. The zero-order valence-corrected chi connectivity index (χ0v) is 58.6. The number of ether oxygens (including phenoxy) is 2. The molecule has 98 heavy (non-hydrogen) atoms. The third kappa shape index (κ3) is 18.3. The Hall–Kier alpha value is -10.7. The van der Waals surface area contributed by atoms with Crippen molar-refractivity contribution in [2.24, 2.45) is 0 Å². The fourth-order valence-electron chi connectivity index (χ4n) is 10.7. The molecule has 3 heterocycles. The van der Waals surface area contributed by atoms with Crippen LogP contribution in [0.5, 0.6) is 5.75 Å². The number of carbonyl (C=O) groups is 3. The highest BCUT2D eigenvalue weighted by Crippen LogP contribution is 2.34. The summed E-state index contributed by atoms with van der Waals surface area (Å²) in [4.78, 5) is 34.9. The second kappa shape index (κ2) is 31.5. The molecule has 500 valence electrons. The Bertz CT molecular complexity index is 5210. The van der Waals surface area contributed by atoms with Gasteiger partial charge in [-0.05, 0) is 156 Å². The van der Waals surface area contributed by atoms with Gasteiger partial charge in [-0.2, -0.15) is 10.2 Å². The van der Waals surface area contributed by atoms with E-state index in [9.17, 15) is 39.6 Å². The molecule has 0 N–H and O–H groups in total. The molecule has 1 aliphatic rings. The molecule has 0 fully saturated rings. The summed E-state index contributed by atoms with van der Waals surface area (Å²) in [6.45, 7) is 11.8. The van der Waals surface area contributed by atoms with Crippen LogP contribution in [0.4, 0.5) is 0 Å². The maximum atomic E-state index is 12.0. The number of fused-ring (bicyclic) bond motifs is 2. The molecule has 0 saturated carbocycles. The summed E-state index contributed by atoms with van der Waals surface area (Å²) in [7, 11) is -7.95. The number of aldehydes is 1. The van der Waals surface area contributed by atoms with Crippen molar-refractivity contribution in [3.05, 3.63) is 288 Å². The van der Waals surface area contributed by atoms with Crippen LogP contribution in [-0.2, 0) is 48.6 Å². The van der Waals surface area contributed by atoms with Crippen molar-refractivity contribution >= 4 is 80.2 Å². The minimum atomic E-state index is -3.23. The predicted molar refractivity (Wildman–Crippen MR) is 390 cm³/mol. The highest BCUT2D eigenvalue weighted by molar-refractivity contribution is 7.91. The van der Waals surface area contributed by atoms with Gasteiger partial charge in [-0.25, -0.2) is 39.4 Å². The number of sulfone groups is 3. The van der Waals surface area contributed by atoms with Crippen molar-refractivity contribution in [1.82, 2.24) is 19.6 Å². The molecule has 0 bridgehead atoms. The summed E-state index contributed by atoms with van der Waals surface area (Å²) in [5, 5.41) is 13.6. The van der Waals surface area contributed by atoms with Gasteiger partial charge in [-0.1, -0.05) is 183 Å². The largest absolute Gasteiger partial charge is 0.497 e. The number of hydrogen-bond donors (Lipinski definition) is 0. The van der Waals surface area contributed by atoms with Crippen molar-refractivity contribution in [2.75, 3.05) is 32.5 Å². The van der Waals surface area contributed by atoms with E-state index in [-0.39, 0.29) is 35.1 Å². The van der Waals surface area contributed by atoms with Gasteiger partial charge in [0.1, 0.15) is 24.4 Å². The molecule has 18 heteroatoms. The van der Waals surface area contributed by atoms with E-state index in [4.69, 9.17) is 9.47 Å². The number of rotatable bonds is 14. The first-order valence-electron chi connectivity index (χ1n) is 31.3. The molecule has 0 saturated heterocycles. The van der Waals surface area contributed by atoms with E-state index in [0.29, 0.717) is 15.4 Å². The number of esters is 1. The zero-order chi connectivity index (χ0) is 70.5. The predicted octanol–water partition coefficient (Wildman–Crippen LogP) is 16.1. The number of aromatic nitrogens is 4. The summed E-state index contributed by atoms with van der Waals surface area (Å²) in [6.07, 6.45) is 6.27. The molecule has 0 amide bonds. The van der Waals surface area contributed by atoms with Crippen molar-refractivity contribution in [3.8, 4) is 39.6 Å². The minimum Gasteiger partial charge on any atom is -0.497 e. The first-order valence-corrected chi connectivity index (χ1v) is 37.0. The zero-order valence-electron chi connectivity index (χ0n) is 56.1. The van der Waals surface area contributed by atoms with Crippen molar-refractivity contribution in [1.29, 1.82) is 0 Å². The molecule has 12 aromatic rings. The Morgan fingerprint density at radius 1 is 0.500 bits per heavy atom. The molecule has 15 nitrogen and oxygen atoms in total. The molecular weight excluding hydrogens is 1290 g/mol. The van der Waals surface area contributed by atoms with E-state index in [1.54, 1.807) is 97.7 Å². The van der Waals surface area contributed by atoms with Crippen LogP contribution in [0.3, 0.4) is 0 Å². The van der Waals surface area contributed by atoms with Crippen LogP contribution >= 0.6 is 0 Å². The molecule has 0 aliphatic carbocycles. The average molecular weight is 1370 g/mol. The van der Waals surface area contributed by atoms with Crippen molar-refractivity contribution in [3.63, 3.8) is 0 Å². The summed E-state index contributed by atoms with van der Waals surface area (Å²) < 4.78 is 83.1. The third-order valence-electron chi connectivity index (χ3n) is 16.4. The van der Waals surface area contributed by atoms with E-state index in [0.717, 1.165) is 90.2 Å². The van der Waals surface area contributed by atoms with E-state index >= 15 is 0 Å². The highest BCUT2D eigenvalue weighted by Gasteiger charge is 2.27. The van der Waals surface area contributed by atoms with Gasteiger partial charge < -0.3 is 14.3 Å². The van der Waals surface area contributed by atoms with Gasteiger partial charge in [0.05, 0.1) is 62.0 Å². The molecule has 2 aromatic heterocycles. The Morgan fingerprint density at radius 3 is 1.50 bits per heavy atom. The summed E-state index contributed by atoms with van der Waals surface area (Å²) in [5.41, 5.74) is 14.2. The van der Waals surface area contributed by atoms with Gasteiger partial charge in [-0.3, -0.25) is 4.79 Å². The fourth-order valence-corrected chi connectivity index (χ4v) is 12.6. The lowest BCUT2D eigenvalue weighted by Gasteiger charge is -2.09. The normalized spacial score (nSPS) is 12.7. The van der Waals surface area contributed by atoms with Gasteiger partial charge in [-0.15, -0.1) is 0 Å². The van der Waals surface area contributed by atoms with Gasteiger partial charge >= 0.3 is 5.97 Å². The van der Waals surface area contributed by atoms with Gasteiger partial charge in [0.2, 0.25) is 0 Å². The first-order chi connectivity index (χ1) is 46.7. The maximum Gasteiger partial charge on any atom is 0.339 e. The summed E-state index contributed by atoms with van der Waals surface area (Å²) >= 11 is 0. The number of hydrogen-bond acceptors (Lipinski definition) is 13. The number of ketones is 1. The lowest BCUT2D eigenvalue weighted by Crippen LogP contribution is -2.03. The quantitative estimate of drug-likeness (QED) is 0.0734. The molecule has 0 spiro atoms. The monoisotopic (exact) mass is 1360 g/mol. The lowest BCUT2D eigenvalue weighted by atomic mass is 9.95.